The van der Waals surface area contributed by atoms with Crippen LogP contribution in [0.3, 0.4) is 0 Å². The zero-order valence-electron chi connectivity index (χ0n) is 21.3. The van der Waals surface area contributed by atoms with Crippen molar-refractivity contribution in [3.63, 3.8) is 0 Å². The van der Waals surface area contributed by atoms with E-state index in [1.807, 2.05) is 62.4 Å². The van der Waals surface area contributed by atoms with Crippen LogP contribution in [0.25, 0.3) is 33.5 Å². The summed E-state index contributed by atoms with van der Waals surface area (Å²) in [7, 11) is 0. The van der Waals surface area contributed by atoms with E-state index in [2.05, 4.69) is 10.3 Å². The fraction of sp³-hybridized carbons (Fsp3) is 0.129. The Morgan fingerprint density at radius 2 is 1.37 bits per heavy atom. The molecule has 0 radical (unpaired) electrons. The molecule has 5 aromatic rings. The van der Waals surface area contributed by atoms with Gasteiger partial charge in [-0.2, -0.15) is 0 Å². The predicted molar refractivity (Wildman–Crippen MR) is 148 cm³/mol. The molecule has 3 aromatic carbocycles. The summed E-state index contributed by atoms with van der Waals surface area (Å²) in [6.07, 6.45) is 0.552. The minimum Gasteiger partial charge on any atom is -0.449 e. The molecule has 0 saturated heterocycles. The van der Waals surface area contributed by atoms with Crippen LogP contribution in [0.5, 0.6) is 0 Å². The van der Waals surface area contributed by atoms with Crippen LogP contribution in [-0.4, -0.2) is 32.9 Å². The molecule has 0 spiro atoms. The highest BCUT2D eigenvalue weighted by molar-refractivity contribution is 5.98. The molecule has 0 bridgehead atoms. The number of aromatic nitrogens is 3. The van der Waals surface area contributed by atoms with Gasteiger partial charge < -0.3 is 10.1 Å². The monoisotopic (exact) mass is 502 g/mol. The third-order valence-electron chi connectivity index (χ3n) is 6.12. The lowest BCUT2D eigenvalue weighted by atomic mass is 10.0. The number of rotatable bonds is 6. The molecular weight excluding hydrogens is 476 g/mol. The summed E-state index contributed by atoms with van der Waals surface area (Å²) in [6, 6.07) is 26.4. The number of carbonyl (C=O) groups is 2. The molecule has 0 aliphatic rings. The average molecular weight is 503 g/mol. The first kappa shape index (κ1) is 24.8. The van der Waals surface area contributed by atoms with Gasteiger partial charge in [0.15, 0.2) is 6.10 Å². The molecule has 188 valence electrons. The van der Waals surface area contributed by atoms with E-state index < -0.39 is 18.0 Å². The van der Waals surface area contributed by atoms with E-state index in [0.717, 1.165) is 33.6 Å². The van der Waals surface area contributed by atoms with Crippen molar-refractivity contribution in [2.24, 2.45) is 0 Å². The third kappa shape index (κ3) is 5.42. The van der Waals surface area contributed by atoms with Gasteiger partial charge in [-0.25, -0.2) is 19.7 Å². The summed E-state index contributed by atoms with van der Waals surface area (Å²) < 4.78 is 5.42. The number of benzene rings is 3. The van der Waals surface area contributed by atoms with Crippen LogP contribution >= 0.6 is 0 Å². The summed E-state index contributed by atoms with van der Waals surface area (Å²) in [5, 5.41) is 2.63. The number of nitrogens with one attached hydrogen (secondary N) is 1. The van der Waals surface area contributed by atoms with Crippen LogP contribution in [0, 0.1) is 13.8 Å². The maximum absolute atomic E-state index is 12.9. The number of anilines is 1. The van der Waals surface area contributed by atoms with Crippen molar-refractivity contribution >= 4 is 28.7 Å². The lowest BCUT2D eigenvalue weighted by Gasteiger charge is -2.14. The minimum atomic E-state index is -1.02. The zero-order valence-corrected chi connectivity index (χ0v) is 21.3. The van der Waals surface area contributed by atoms with E-state index in [4.69, 9.17) is 14.7 Å². The van der Waals surface area contributed by atoms with Crippen molar-refractivity contribution in [3.8, 4) is 22.5 Å². The van der Waals surface area contributed by atoms with Crippen molar-refractivity contribution < 1.29 is 14.3 Å². The van der Waals surface area contributed by atoms with Crippen molar-refractivity contribution in [2.75, 3.05) is 5.32 Å². The SMILES string of the molecule is Cc1ccc(-c2nc3ccc(C(=O)OC(C)C(=O)Nc4ccccn4)cc3nc2-c2ccc(C)cc2)cc1. The van der Waals surface area contributed by atoms with E-state index in [9.17, 15) is 9.59 Å². The topological polar surface area (TPSA) is 94.1 Å². The number of pyridine rings is 1. The number of hydrogen-bond acceptors (Lipinski definition) is 6. The van der Waals surface area contributed by atoms with E-state index >= 15 is 0 Å². The molecule has 38 heavy (non-hydrogen) atoms. The number of nitrogens with zero attached hydrogens (tertiary/aromatic N) is 3. The number of carbonyl (C=O) groups excluding carboxylic acids is 2. The molecule has 0 fully saturated rings. The van der Waals surface area contributed by atoms with Gasteiger partial charge in [0, 0.05) is 17.3 Å². The third-order valence-corrected chi connectivity index (χ3v) is 6.12. The summed E-state index contributed by atoms with van der Waals surface area (Å²) in [4.78, 5) is 39.3. The molecule has 1 N–H and O–H groups in total. The molecule has 1 unspecified atom stereocenters. The molecule has 1 atom stereocenters. The molecule has 5 rings (SSSR count). The van der Waals surface area contributed by atoms with Crippen molar-refractivity contribution in [2.45, 2.75) is 26.9 Å². The number of esters is 1. The van der Waals surface area contributed by atoms with Crippen LogP contribution in [0.2, 0.25) is 0 Å². The molecule has 0 aliphatic heterocycles. The first-order valence-corrected chi connectivity index (χ1v) is 12.3. The highest BCUT2D eigenvalue weighted by Gasteiger charge is 2.21. The zero-order chi connectivity index (χ0) is 26.6. The molecule has 1 amide bonds. The van der Waals surface area contributed by atoms with E-state index in [0.29, 0.717) is 16.9 Å². The largest absolute Gasteiger partial charge is 0.449 e. The Kier molecular flexibility index (Phi) is 6.91. The Morgan fingerprint density at radius 1 is 0.763 bits per heavy atom. The van der Waals surface area contributed by atoms with Gasteiger partial charge in [-0.1, -0.05) is 65.7 Å². The maximum atomic E-state index is 12.9. The predicted octanol–water partition coefficient (Wildman–Crippen LogP) is 6.16. The Bertz CT molecular complexity index is 1620. The summed E-state index contributed by atoms with van der Waals surface area (Å²) in [5.41, 5.74) is 7.14. The molecule has 2 aromatic heterocycles. The van der Waals surface area contributed by atoms with E-state index in [1.165, 1.54) is 6.92 Å². The number of hydrogen-bond donors (Lipinski definition) is 1. The number of amides is 1. The molecule has 2 heterocycles. The Labute approximate surface area is 220 Å². The fourth-order valence-electron chi connectivity index (χ4n) is 3.95. The highest BCUT2D eigenvalue weighted by atomic mass is 16.5. The van der Waals surface area contributed by atoms with Gasteiger partial charge in [0.1, 0.15) is 5.82 Å². The van der Waals surface area contributed by atoms with Gasteiger partial charge in [0.25, 0.3) is 5.91 Å². The van der Waals surface area contributed by atoms with Crippen LogP contribution < -0.4 is 5.32 Å². The van der Waals surface area contributed by atoms with Crippen molar-refractivity contribution in [3.05, 3.63) is 108 Å². The fourth-order valence-corrected chi connectivity index (χ4v) is 3.95. The number of aryl methyl sites for hydroxylation is 2. The van der Waals surface area contributed by atoms with Crippen molar-refractivity contribution in [1.29, 1.82) is 0 Å². The average Bonchev–Trinajstić information content (AvgIpc) is 2.93. The molecule has 0 saturated carbocycles. The normalized spacial score (nSPS) is 11.7. The Hall–Kier alpha value is -4.91. The summed E-state index contributed by atoms with van der Waals surface area (Å²) in [6.45, 7) is 5.59. The van der Waals surface area contributed by atoms with Crippen LogP contribution in [0.4, 0.5) is 5.82 Å². The first-order chi connectivity index (χ1) is 18.4. The second kappa shape index (κ2) is 10.6. The number of fused-ring (bicyclic) bond motifs is 1. The molecule has 7 nitrogen and oxygen atoms in total. The lowest BCUT2D eigenvalue weighted by Crippen LogP contribution is -2.30. The molecular formula is C31H26N4O3. The standard InChI is InChI=1S/C31H26N4O3/c1-19-7-11-22(12-8-19)28-29(23-13-9-20(2)10-14-23)34-26-18-24(15-16-25(26)33-28)31(37)38-21(3)30(36)35-27-6-4-5-17-32-27/h4-18,21H,1-3H3,(H,32,35,36). The minimum absolute atomic E-state index is 0.280. The second-order valence-electron chi connectivity index (χ2n) is 9.11. The van der Waals surface area contributed by atoms with Gasteiger partial charge in [0.2, 0.25) is 0 Å². The first-order valence-electron chi connectivity index (χ1n) is 12.3. The summed E-state index contributed by atoms with van der Waals surface area (Å²) in [5.74, 6) is -0.715. The second-order valence-corrected chi connectivity index (χ2v) is 9.11. The lowest BCUT2D eigenvalue weighted by molar-refractivity contribution is -0.123. The smallest absolute Gasteiger partial charge is 0.338 e. The van der Waals surface area contributed by atoms with Crippen LogP contribution in [0.15, 0.2) is 91.1 Å². The number of ether oxygens (including phenoxy) is 1. The molecule has 0 aliphatic carbocycles. The Balaban J connectivity index is 1.46. The van der Waals surface area contributed by atoms with Gasteiger partial charge in [0.05, 0.1) is 28.0 Å². The highest BCUT2D eigenvalue weighted by Crippen LogP contribution is 2.31. The van der Waals surface area contributed by atoms with E-state index in [1.54, 1.807) is 42.6 Å². The molecule has 7 heteroatoms. The van der Waals surface area contributed by atoms with E-state index in [-0.39, 0.29) is 5.56 Å². The summed E-state index contributed by atoms with van der Waals surface area (Å²) >= 11 is 0. The van der Waals surface area contributed by atoms with Crippen molar-refractivity contribution in [1.82, 2.24) is 15.0 Å². The van der Waals surface area contributed by atoms with Gasteiger partial charge in [-0.15, -0.1) is 0 Å². The van der Waals surface area contributed by atoms with Gasteiger partial charge in [-0.3, -0.25) is 4.79 Å². The quantitative estimate of drug-likeness (QED) is 0.280. The maximum Gasteiger partial charge on any atom is 0.338 e. The Morgan fingerprint density at radius 3 is 1.95 bits per heavy atom. The van der Waals surface area contributed by atoms with Gasteiger partial charge >= 0.3 is 5.97 Å². The van der Waals surface area contributed by atoms with Crippen LogP contribution in [0.1, 0.15) is 28.4 Å². The van der Waals surface area contributed by atoms with Crippen LogP contribution in [-0.2, 0) is 9.53 Å². The van der Waals surface area contributed by atoms with Gasteiger partial charge in [-0.05, 0) is 51.1 Å².